The predicted octanol–water partition coefficient (Wildman–Crippen LogP) is 4.42. The maximum atomic E-state index is 13.7. The van der Waals surface area contributed by atoms with Gasteiger partial charge in [-0.2, -0.15) is 18.3 Å². The third kappa shape index (κ3) is 3.59. The molecule has 28 heavy (non-hydrogen) atoms. The number of fused-ring (bicyclic) bond motifs is 1. The Morgan fingerprint density at radius 2 is 1.86 bits per heavy atom. The Balaban J connectivity index is 1.63. The van der Waals surface area contributed by atoms with Crippen LogP contribution in [0, 0.1) is 5.92 Å². The molecule has 1 fully saturated rings. The van der Waals surface area contributed by atoms with Crippen molar-refractivity contribution < 1.29 is 18.0 Å². The Kier molecular flexibility index (Phi) is 4.81. The highest BCUT2D eigenvalue weighted by atomic mass is 19.4. The van der Waals surface area contributed by atoms with Crippen molar-refractivity contribution in [3.8, 4) is 0 Å². The van der Waals surface area contributed by atoms with Crippen LogP contribution < -0.4 is 5.32 Å². The number of likely N-dealkylation sites (tertiary alicyclic amines) is 1. The number of carbonyl (C=O) groups is 1. The molecule has 2 aromatic rings. The fourth-order valence-corrected chi connectivity index (χ4v) is 3.96. The van der Waals surface area contributed by atoms with Crippen LogP contribution in [0.4, 0.5) is 19.0 Å². The van der Waals surface area contributed by atoms with Gasteiger partial charge in [0.05, 0.1) is 6.04 Å². The zero-order chi connectivity index (χ0) is 19.9. The molecule has 1 N–H and O–H groups in total. The summed E-state index contributed by atoms with van der Waals surface area (Å²) in [6.45, 7) is 3.37. The number of amides is 1. The van der Waals surface area contributed by atoms with Gasteiger partial charge in [-0.3, -0.25) is 4.79 Å². The van der Waals surface area contributed by atoms with Gasteiger partial charge in [0.25, 0.3) is 5.91 Å². The van der Waals surface area contributed by atoms with E-state index in [-0.39, 0.29) is 23.8 Å². The number of carbonyl (C=O) groups excluding carboxylic acids is 1. The summed E-state index contributed by atoms with van der Waals surface area (Å²) in [7, 11) is 0. The summed E-state index contributed by atoms with van der Waals surface area (Å²) >= 11 is 0. The number of alkyl halides is 3. The molecule has 1 aromatic carbocycles. The Morgan fingerprint density at radius 1 is 1.18 bits per heavy atom. The lowest BCUT2D eigenvalue weighted by Crippen LogP contribution is -2.38. The van der Waals surface area contributed by atoms with E-state index in [1.54, 1.807) is 29.2 Å². The number of hydrogen-bond acceptors (Lipinski definition) is 3. The minimum Gasteiger partial charge on any atom is -0.363 e. The van der Waals surface area contributed by atoms with Crippen LogP contribution >= 0.6 is 0 Å². The molecule has 150 valence electrons. The van der Waals surface area contributed by atoms with Gasteiger partial charge in [-0.05, 0) is 24.3 Å². The molecule has 0 spiro atoms. The molecule has 0 radical (unpaired) electrons. The lowest BCUT2D eigenvalue weighted by molar-refractivity contribution is -0.173. The molecule has 2 unspecified atom stereocenters. The topological polar surface area (TPSA) is 50.2 Å². The second kappa shape index (κ2) is 7.14. The first kappa shape index (κ1) is 18.8. The van der Waals surface area contributed by atoms with E-state index >= 15 is 0 Å². The number of hydrogen-bond donors (Lipinski definition) is 1. The van der Waals surface area contributed by atoms with E-state index < -0.39 is 18.3 Å². The third-order valence-electron chi connectivity index (χ3n) is 5.68. The van der Waals surface area contributed by atoms with Crippen molar-refractivity contribution in [3.63, 3.8) is 0 Å². The number of aromatic nitrogens is 2. The van der Waals surface area contributed by atoms with Crippen molar-refractivity contribution in [2.75, 3.05) is 18.4 Å². The minimum atomic E-state index is -4.45. The number of benzene rings is 1. The summed E-state index contributed by atoms with van der Waals surface area (Å²) in [5.41, 5.74) is 0.849. The highest BCUT2D eigenvalue weighted by Gasteiger charge is 2.47. The van der Waals surface area contributed by atoms with Gasteiger partial charge < -0.3 is 10.2 Å². The van der Waals surface area contributed by atoms with Crippen LogP contribution in [0.25, 0.3) is 0 Å². The van der Waals surface area contributed by atoms with Gasteiger partial charge >= 0.3 is 6.18 Å². The van der Waals surface area contributed by atoms with Crippen LogP contribution in [0.5, 0.6) is 0 Å². The Bertz CT molecular complexity index is 841. The lowest BCUT2D eigenvalue weighted by atomic mass is 9.97. The monoisotopic (exact) mass is 392 g/mol. The molecule has 0 aliphatic carbocycles. The normalized spacial score (nSPS) is 23.2. The molecule has 5 nitrogen and oxygen atoms in total. The van der Waals surface area contributed by atoms with Crippen molar-refractivity contribution in [3.05, 3.63) is 47.7 Å². The smallest absolute Gasteiger partial charge is 0.363 e. The number of anilines is 1. The quantitative estimate of drug-likeness (QED) is 0.823. The van der Waals surface area contributed by atoms with Crippen molar-refractivity contribution in [2.24, 2.45) is 5.92 Å². The van der Waals surface area contributed by atoms with E-state index in [9.17, 15) is 18.0 Å². The number of nitrogens with one attached hydrogen (secondary N) is 1. The molecule has 1 amide bonds. The van der Waals surface area contributed by atoms with Crippen LogP contribution in [0.1, 0.15) is 54.3 Å². The van der Waals surface area contributed by atoms with Crippen molar-refractivity contribution in [1.29, 1.82) is 0 Å². The minimum absolute atomic E-state index is 0.0695. The van der Waals surface area contributed by atoms with E-state index in [2.05, 4.69) is 17.3 Å². The summed E-state index contributed by atoms with van der Waals surface area (Å²) in [5, 5.41) is 7.19. The molecule has 8 heteroatoms. The first-order valence-corrected chi connectivity index (χ1v) is 9.60. The summed E-state index contributed by atoms with van der Waals surface area (Å²) in [4.78, 5) is 14.5. The molecule has 0 bridgehead atoms. The molecule has 1 saturated heterocycles. The largest absolute Gasteiger partial charge is 0.410 e. The van der Waals surface area contributed by atoms with Gasteiger partial charge in [0.1, 0.15) is 5.82 Å². The highest BCUT2D eigenvalue weighted by Crippen LogP contribution is 2.43. The van der Waals surface area contributed by atoms with Gasteiger partial charge in [0, 0.05) is 25.6 Å². The standard InChI is InChI=1S/C20H23F3N4O/c1-13-7-9-26(10-8-13)19(28)16-12-18-24-15(14-5-3-2-4-6-14)11-17(20(21,22)23)27(18)25-16/h2-6,12-13,15,17,24H,7-11H2,1H3. The van der Waals surface area contributed by atoms with Crippen molar-refractivity contribution in [2.45, 2.75) is 44.4 Å². The average molecular weight is 392 g/mol. The maximum Gasteiger partial charge on any atom is 0.410 e. The molecule has 2 aliphatic heterocycles. The van der Waals surface area contributed by atoms with E-state index in [1.807, 2.05) is 6.07 Å². The maximum absolute atomic E-state index is 13.7. The second-order valence-electron chi connectivity index (χ2n) is 7.73. The lowest BCUT2D eigenvalue weighted by Gasteiger charge is -2.33. The number of nitrogens with zero attached hydrogens (tertiary/aromatic N) is 3. The molecule has 2 atom stereocenters. The Morgan fingerprint density at radius 3 is 2.50 bits per heavy atom. The first-order chi connectivity index (χ1) is 13.3. The average Bonchev–Trinajstić information content (AvgIpc) is 3.11. The Labute approximate surface area is 161 Å². The fraction of sp³-hybridized carbons (Fsp3) is 0.500. The van der Waals surface area contributed by atoms with Crippen LogP contribution in [-0.4, -0.2) is 39.9 Å². The highest BCUT2D eigenvalue weighted by molar-refractivity contribution is 5.93. The van der Waals surface area contributed by atoms with Crippen molar-refractivity contribution in [1.82, 2.24) is 14.7 Å². The predicted molar refractivity (Wildman–Crippen MR) is 99.0 cm³/mol. The molecule has 2 aliphatic rings. The molecule has 1 aromatic heterocycles. The van der Waals surface area contributed by atoms with Crippen LogP contribution in [0.2, 0.25) is 0 Å². The molecule has 0 saturated carbocycles. The van der Waals surface area contributed by atoms with Gasteiger partial charge in [0.2, 0.25) is 0 Å². The summed E-state index contributed by atoms with van der Waals surface area (Å²) in [6.07, 6.45) is -2.81. The summed E-state index contributed by atoms with van der Waals surface area (Å²) in [6, 6.07) is 8.24. The van der Waals surface area contributed by atoms with E-state index in [1.165, 1.54) is 6.07 Å². The van der Waals surface area contributed by atoms with Crippen LogP contribution in [0.15, 0.2) is 36.4 Å². The van der Waals surface area contributed by atoms with Gasteiger partial charge in [0.15, 0.2) is 11.7 Å². The first-order valence-electron chi connectivity index (χ1n) is 9.60. The fourth-order valence-electron chi connectivity index (χ4n) is 3.96. The van der Waals surface area contributed by atoms with E-state index in [4.69, 9.17) is 0 Å². The molecule has 4 rings (SSSR count). The summed E-state index contributed by atoms with van der Waals surface area (Å²) < 4.78 is 42.1. The number of rotatable bonds is 2. The third-order valence-corrected chi connectivity index (χ3v) is 5.68. The molecular formula is C20H23F3N4O. The van der Waals surface area contributed by atoms with Gasteiger partial charge in [-0.25, -0.2) is 4.68 Å². The zero-order valence-electron chi connectivity index (χ0n) is 15.6. The van der Waals surface area contributed by atoms with Crippen LogP contribution in [-0.2, 0) is 0 Å². The van der Waals surface area contributed by atoms with Gasteiger partial charge in [-0.15, -0.1) is 0 Å². The second-order valence-corrected chi connectivity index (χ2v) is 7.73. The molecule has 3 heterocycles. The summed E-state index contributed by atoms with van der Waals surface area (Å²) in [5.74, 6) is 0.492. The van der Waals surface area contributed by atoms with Crippen LogP contribution in [0.3, 0.4) is 0 Å². The van der Waals surface area contributed by atoms with E-state index in [0.29, 0.717) is 19.0 Å². The zero-order valence-corrected chi connectivity index (χ0v) is 15.6. The van der Waals surface area contributed by atoms with E-state index in [0.717, 1.165) is 23.1 Å². The Hall–Kier alpha value is -2.51. The van der Waals surface area contributed by atoms with Crippen molar-refractivity contribution >= 4 is 11.7 Å². The SMILES string of the molecule is CC1CCN(C(=O)c2cc3n(n2)C(C(F)(F)F)CC(c2ccccc2)N3)CC1. The van der Waals surface area contributed by atoms with Gasteiger partial charge in [-0.1, -0.05) is 37.3 Å². The number of piperidine rings is 1. The number of halogens is 3. The molecular weight excluding hydrogens is 369 g/mol.